The summed E-state index contributed by atoms with van der Waals surface area (Å²) in [6, 6.07) is 33.1. The van der Waals surface area contributed by atoms with E-state index in [1.54, 1.807) is 13.4 Å². The molecule has 0 radical (unpaired) electrons. The summed E-state index contributed by atoms with van der Waals surface area (Å²) in [4.78, 5) is 4.77. The minimum atomic E-state index is -0.763. The van der Waals surface area contributed by atoms with Gasteiger partial charge in [-0.1, -0.05) is 86.6 Å². The standard InChI is InChI=1S/C34H36N4O3/c1-4-33(22-39)24(2)21-31(41-33)29-19-20-30-32(35-23-36-38(29)30)37-34(25-11-7-5-8-12-25,26-13-9-6-10-14-26)27-15-17-28(40-3)18-16-27/h5-20,23-24,31,39H,4,21-22H2,1-3H3,(H,35,36,37)/t24-,31+,33-/m0/s1. The molecule has 2 N–H and O–H groups in total. The summed E-state index contributed by atoms with van der Waals surface area (Å²) in [6.45, 7) is 4.23. The molecule has 3 atom stereocenters. The van der Waals surface area contributed by atoms with Gasteiger partial charge in [-0.3, -0.25) is 0 Å². The lowest BCUT2D eigenvalue weighted by Crippen LogP contribution is -2.38. The molecule has 0 unspecified atom stereocenters. The number of aliphatic hydroxyl groups excluding tert-OH is 1. The first-order valence-corrected chi connectivity index (χ1v) is 14.2. The van der Waals surface area contributed by atoms with Gasteiger partial charge in [0.15, 0.2) is 5.82 Å². The van der Waals surface area contributed by atoms with Gasteiger partial charge in [-0.15, -0.1) is 0 Å². The third kappa shape index (κ3) is 4.55. The second kappa shape index (κ2) is 11.0. The van der Waals surface area contributed by atoms with E-state index in [9.17, 15) is 5.11 Å². The monoisotopic (exact) mass is 548 g/mol. The van der Waals surface area contributed by atoms with Crippen LogP contribution in [0.5, 0.6) is 5.75 Å². The molecule has 1 aliphatic rings. The molecule has 0 saturated carbocycles. The molecule has 1 saturated heterocycles. The lowest BCUT2D eigenvalue weighted by atomic mass is 9.77. The Labute approximate surface area is 240 Å². The third-order valence-corrected chi connectivity index (χ3v) is 8.76. The van der Waals surface area contributed by atoms with Gasteiger partial charge in [0.05, 0.1) is 25.0 Å². The largest absolute Gasteiger partial charge is 0.497 e. The molecule has 0 amide bonds. The Morgan fingerprint density at radius 2 is 1.59 bits per heavy atom. The molecule has 0 bridgehead atoms. The number of aromatic nitrogens is 3. The molecule has 6 rings (SSSR count). The van der Waals surface area contributed by atoms with Gasteiger partial charge < -0.3 is 19.9 Å². The number of rotatable bonds is 9. The van der Waals surface area contributed by atoms with Crippen LogP contribution >= 0.6 is 0 Å². The lowest BCUT2D eigenvalue weighted by molar-refractivity contribution is -0.0925. The highest BCUT2D eigenvalue weighted by Gasteiger charge is 2.46. The zero-order valence-electron chi connectivity index (χ0n) is 23.7. The number of methoxy groups -OCH3 is 1. The normalized spacial score (nSPS) is 20.8. The maximum absolute atomic E-state index is 10.2. The highest BCUT2D eigenvalue weighted by atomic mass is 16.5. The molecule has 0 aliphatic carbocycles. The smallest absolute Gasteiger partial charge is 0.155 e. The molecular weight excluding hydrogens is 512 g/mol. The van der Waals surface area contributed by atoms with E-state index < -0.39 is 11.1 Å². The van der Waals surface area contributed by atoms with Crippen LogP contribution in [0.2, 0.25) is 0 Å². The van der Waals surface area contributed by atoms with Crippen molar-refractivity contribution in [2.24, 2.45) is 5.92 Å². The topological polar surface area (TPSA) is 80.9 Å². The molecule has 1 aliphatic heterocycles. The first-order valence-electron chi connectivity index (χ1n) is 14.2. The molecule has 7 heteroatoms. The lowest BCUT2D eigenvalue weighted by Gasteiger charge is -2.37. The van der Waals surface area contributed by atoms with E-state index in [2.05, 4.69) is 91.0 Å². The molecule has 7 nitrogen and oxygen atoms in total. The quantitative estimate of drug-likeness (QED) is 0.208. The van der Waals surface area contributed by atoms with Crippen LogP contribution in [0.4, 0.5) is 5.82 Å². The van der Waals surface area contributed by atoms with Crippen LogP contribution in [0, 0.1) is 5.92 Å². The Balaban J connectivity index is 1.50. The van der Waals surface area contributed by atoms with Crippen molar-refractivity contribution in [1.29, 1.82) is 0 Å². The molecule has 3 aromatic carbocycles. The van der Waals surface area contributed by atoms with Gasteiger partial charge in [-0.2, -0.15) is 5.10 Å². The molecule has 0 spiro atoms. The zero-order chi connectivity index (χ0) is 28.5. The Morgan fingerprint density at radius 1 is 0.951 bits per heavy atom. The molecular formula is C34H36N4O3. The first kappa shape index (κ1) is 27.0. The van der Waals surface area contributed by atoms with Gasteiger partial charge in [-0.25, -0.2) is 9.50 Å². The van der Waals surface area contributed by atoms with Crippen LogP contribution in [0.1, 0.15) is 55.2 Å². The van der Waals surface area contributed by atoms with Crippen molar-refractivity contribution in [3.63, 3.8) is 0 Å². The number of hydrogen-bond acceptors (Lipinski definition) is 6. The summed E-state index contributed by atoms with van der Waals surface area (Å²) in [6.07, 6.45) is 2.99. The Morgan fingerprint density at radius 3 is 2.15 bits per heavy atom. The first-order chi connectivity index (χ1) is 20.0. The third-order valence-electron chi connectivity index (χ3n) is 8.76. The predicted molar refractivity (Wildman–Crippen MR) is 160 cm³/mol. The number of aliphatic hydroxyl groups is 1. The molecule has 1 fully saturated rings. The zero-order valence-corrected chi connectivity index (χ0v) is 23.7. The van der Waals surface area contributed by atoms with Crippen LogP contribution in [0.15, 0.2) is 103 Å². The van der Waals surface area contributed by atoms with Crippen LogP contribution in [0.25, 0.3) is 5.52 Å². The van der Waals surface area contributed by atoms with E-state index in [-0.39, 0.29) is 18.6 Å². The second-order valence-electron chi connectivity index (χ2n) is 10.8. The van der Waals surface area contributed by atoms with Crippen molar-refractivity contribution in [3.05, 3.63) is 126 Å². The fourth-order valence-electron chi connectivity index (χ4n) is 6.31. The second-order valence-corrected chi connectivity index (χ2v) is 10.8. The van der Waals surface area contributed by atoms with Gasteiger partial charge in [0.25, 0.3) is 0 Å². The molecule has 5 aromatic rings. The summed E-state index contributed by atoms with van der Waals surface area (Å²) in [5.41, 5.74) is 3.69. The molecule has 3 heterocycles. The molecule has 2 aromatic heterocycles. The number of benzene rings is 3. The highest BCUT2D eigenvalue weighted by molar-refractivity contribution is 5.72. The number of nitrogens with zero attached hydrogens (tertiary/aromatic N) is 3. The predicted octanol–water partition coefficient (Wildman–Crippen LogP) is 6.38. The maximum atomic E-state index is 10.2. The number of fused-ring (bicyclic) bond motifs is 1. The molecule has 210 valence electrons. The van der Waals surface area contributed by atoms with Crippen LogP contribution < -0.4 is 10.1 Å². The SMILES string of the molecule is CC[C@@]1(CO)O[C@@H](c2ccc3c(NC(c4ccccc4)(c4ccccc4)c4ccc(OC)cc4)ncnn23)C[C@@H]1C. The maximum Gasteiger partial charge on any atom is 0.155 e. The number of anilines is 1. The van der Waals surface area contributed by atoms with Gasteiger partial charge in [-0.05, 0) is 59.7 Å². The van der Waals surface area contributed by atoms with Crippen molar-refractivity contribution in [3.8, 4) is 5.75 Å². The summed E-state index contributed by atoms with van der Waals surface area (Å²) in [5, 5.41) is 18.7. The van der Waals surface area contributed by atoms with Crippen molar-refractivity contribution in [2.75, 3.05) is 19.0 Å². The fourth-order valence-corrected chi connectivity index (χ4v) is 6.31. The van der Waals surface area contributed by atoms with Crippen molar-refractivity contribution < 1.29 is 14.6 Å². The highest BCUT2D eigenvalue weighted by Crippen LogP contribution is 2.46. The minimum absolute atomic E-state index is 0.00476. The summed E-state index contributed by atoms with van der Waals surface area (Å²) in [5.74, 6) is 1.72. The van der Waals surface area contributed by atoms with Gasteiger partial charge in [0, 0.05) is 0 Å². The Bertz CT molecular complexity index is 1560. The Kier molecular flexibility index (Phi) is 7.24. The van der Waals surface area contributed by atoms with E-state index in [0.29, 0.717) is 5.82 Å². The number of ether oxygens (including phenoxy) is 2. The van der Waals surface area contributed by atoms with E-state index in [1.807, 2.05) is 34.8 Å². The van der Waals surface area contributed by atoms with Crippen LogP contribution in [-0.2, 0) is 10.3 Å². The number of nitrogens with one attached hydrogen (secondary N) is 1. The van der Waals surface area contributed by atoms with Crippen LogP contribution in [0.3, 0.4) is 0 Å². The van der Waals surface area contributed by atoms with E-state index >= 15 is 0 Å². The van der Waals surface area contributed by atoms with Gasteiger partial charge in [0.1, 0.15) is 29.2 Å². The van der Waals surface area contributed by atoms with Crippen LogP contribution in [-0.4, -0.2) is 39.0 Å². The van der Waals surface area contributed by atoms with Gasteiger partial charge in [0.2, 0.25) is 0 Å². The van der Waals surface area contributed by atoms with Gasteiger partial charge >= 0.3 is 0 Å². The average Bonchev–Trinajstić information content (AvgIpc) is 3.62. The summed E-state index contributed by atoms with van der Waals surface area (Å²) in [7, 11) is 1.68. The van der Waals surface area contributed by atoms with E-state index in [4.69, 9.17) is 14.5 Å². The van der Waals surface area contributed by atoms with Crippen molar-refractivity contribution in [1.82, 2.24) is 14.6 Å². The summed E-state index contributed by atoms with van der Waals surface area (Å²) < 4.78 is 13.9. The molecule has 41 heavy (non-hydrogen) atoms. The minimum Gasteiger partial charge on any atom is -0.497 e. The van der Waals surface area contributed by atoms with E-state index in [1.165, 1.54) is 0 Å². The fraction of sp³-hybridized carbons (Fsp3) is 0.294. The van der Waals surface area contributed by atoms with Crippen molar-refractivity contribution >= 4 is 11.3 Å². The average molecular weight is 549 g/mol. The Hall–Kier alpha value is -4.20. The number of hydrogen-bond donors (Lipinski definition) is 2. The van der Waals surface area contributed by atoms with E-state index in [0.717, 1.165) is 46.5 Å². The summed E-state index contributed by atoms with van der Waals surface area (Å²) >= 11 is 0. The van der Waals surface area contributed by atoms with Crippen molar-refractivity contribution in [2.45, 2.75) is 43.9 Å².